The monoisotopic (exact) mass is 269 g/mol. The molecule has 0 heterocycles. The molecule has 1 aromatic rings. The first-order valence-electron chi connectivity index (χ1n) is 4.54. The predicted octanol–water partition coefficient (Wildman–Crippen LogP) is 1.92. The fourth-order valence-electron chi connectivity index (χ4n) is 1.90. The summed E-state index contributed by atoms with van der Waals surface area (Å²) in [6.07, 6.45) is -0.999. The first kappa shape index (κ1) is 12.5. The Kier molecular flexibility index (Phi) is 2.96. The van der Waals surface area contributed by atoms with Crippen LogP contribution in [-0.2, 0) is 17.7 Å². The Morgan fingerprint density at radius 3 is 2.53 bits per heavy atom. The van der Waals surface area contributed by atoms with Crippen molar-refractivity contribution in [3.05, 3.63) is 34.9 Å². The van der Waals surface area contributed by atoms with Crippen LogP contribution < -0.4 is 4.72 Å². The SMILES string of the molecule is O=S(O)N[C@H]1c2c(F)ccc(F)c2CC1(F)F. The van der Waals surface area contributed by atoms with E-state index >= 15 is 0 Å². The number of hydrogen-bond donors (Lipinski definition) is 2. The minimum absolute atomic E-state index is 0.460. The molecule has 1 aliphatic rings. The number of rotatable bonds is 2. The van der Waals surface area contributed by atoms with Gasteiger partial charge in [-0.1, -0.05) is 0 Å². The van der Waals surface area contributed by atoms with Crippen LogP contribution in [0.2, 0.25) is 0 Å². The van der Waals surface area contributed by atoms with Gasteiger partial charge in [-0.3, -0.25) is 4.55 Å². The maximum absolute atomic E-state index is 13.5. The number of nitrogens with one attached hydrogen (secondary N) is 1. The number of halogens is 4. The van der Waals surface area contributed by atoms with E-state index in [1.807, 2.05) is 0 Å². The van der Waals surface area contributed by atoms with Crippen LogP contribution in [0.25, 0.3) is 0 Å². The Bertz CT molecular complexity index is 494. The first-order chi connectivity index (χ1) is 7.83. The van der Waals surface area contributed by atoms with Crippen LogP contribution in [0, 0.1) is 11.6 Å². The maximum atomic E-state index is 13.5. The third kappa shape index (κ3) is 2.07. The maximum Gasteiger partial charge on any atom is 0.272 e. The van der Waals surface area contributed by atoms with Gasteiger partial charge in [0, 0.05) is 17.5 Å². The van der Waals surface area contributed by atoms with Gasteiger partial charge < -0.3 is 0 Å². The molecule has 17 heavy (non-hydrogen) atoms. The average Bonchev–Trinajstić information content (AvgIpc) is 2.46. The summed E-state index contributed by atoms with van der Waals surface area (Å²) in [4.78, 5) is 0. The van der Waals surface area contributed by atoms with Crippen molar-refractivity contribution in [2.75, 3.05) is 0 Å². The lowest BCUT2D eigenvalue weighted by atomic mass is 10.1. The lowest BCUT2D eigenvalue weighted by Crippen LogP contribution is -2.35. The molecule has 0 bridgehead atoms. The fraction of sp³-hybridized carbons (Fsp3) is 0.333. The first-order valence-corrected chi connectivity index (χ1v) is 5.65. The van der Waals surface area contributed by atoms with E-state index in [4.69, 9.17) is 4.55 Å². The average molecular weight is 269 g/mol. The molecule has 0 spiro atoms. The highest BCUT2D eigenvalue weighted by atomic mass is 32.2. The van der Waals surface area contributed by atoms with Gasteiger partial charge in [-0.05, 0) is 12.1 Å². The molecule has 94 valence electrons. The number of alkyl halides is 2. The van der Waals surface area contributed by atoms with E-state index in [0.717, 1.165) is 6.07 Å². The summed E-state index contributed by atoms with van der Waals surface area (Å²) < 4.78 is 74.3. The Labute approximate surface area is 96.2 Å². The van der Waals surface area contributed by atoms with Gasteiger partial charge in [0.05, 0.1) is 0 Å². The molecule has 0 amide bonds. The van der Waals surface area contributed by atoms with Crippen molar-refractivity contribution in [3.63, 3.8) is 0 Å². The van der Waals surface area contributed by atoms with E-state index in [9.17, 15) is 21.8 Å². The van der Waals surface area contributed by atoms with E-state index in [2.05, 4.69) is 0 Å². The fourth-order valence-corrected chi connectivity index (χ4v) is 2.39. The molecule has 0 saturated heterocycles. The molecule has 8 heteroatoms. The van der Waals surface area contributed by atoms with Crippen molar-refractivity contribution in [2.45, 2.75) is 18.4 Å². The smallest absolute Gasteiger partial charge is 0.272 e. The Hall–Kier alpha value is -0.990. The third-order valence-electron chi connectivity index (χ3n) is 2.59. The molecule has 2 N–H and O–H groups in total. The van der Waals surface area contributed by atoms with Crippen LogP contribution in [0.15, 0.2) is 12.1 Å². The van der Waals surface area contributed by atoms with Crippen molar-refractivity contribution < 1.29 is 26.3 Å². The largest absolute Gasteiger partial charge is 0.294 e. The summed E-state index contributed by atoms with van der Waals surface area (Å²) in [6.45, 7) is 0. The van der Waals surface area contributed by atoms with E-state index in [1.54, 1.807) is 4.72 Å². The van der Waals surface area contributed by atoms with Crippen LogP contribution in [0.4, 0.5) is 17.6 Å². The molecule has 0 aromatic heterocycles. The molecule has 0 saturated carbocycles. The van der Waals surface area contributed by atoms with Gasteiger partial charge in [0.2, 0.25) is 11.3 Å². The van der Waals surface area contributed by atoms with E-state index in [0.29, 0.717) is 6.07 Å². The zero-order valence-corrected chi connectivity index (χ0v) is 9.03. The Morgan fingerprint density at radius 1 is 1.35 bits per heavy atom. The summed E-state index contributed by atoms with van der Waals surface area (Å²) in [7, 11) is 0. The van der Waals surface area contributed by atoms with Crippen LogP contribution in [-0.4, -0.2) is 14.7 Å². The van der Waals surface area contributed by atoms with Gasteiger partial charge in [0.15, 0.2) is 0 Å². The number of hydrogen-bond acceptors (Lipinski definition) is 1. The lowest BCUT2D eigenvalue weighted by Gasteiger charge is -2.19. The Balaban J connectivity index is 2.55. The van der Waals surface area contributed by atoms with Crippen molar-refractivity contribution in [2.24, 2.45) is 0 Å². The molecule has 1 aromatic carbocycles. The molecule has 3 nitrogen and oxygen atoms in total. The van der Waals surface area contributed by atoms with Crippen molar-refractivity contribution >= 4 is 11.3 Å². The topological polar surface area (TPSA) is 49.3 Å². The molecular weight excluding hydrogens is 262 g/mol. The zero-order chi connectivity index (χ0) is 12.8. The standard InChI is InChI=1S/C9H7F4NO2S/c10-5-1-2-6(11)7-4(5)3-9(12,13)8(7)14-17(15)16/h1-2,8,14H,3H2,(H,15,16)/t8-/m0/s1. The number of fused-ring (bicyclic) bond motifs is 1. The van der Waals surface area contributed by atoms with E-state index in [-0.39, 0.29) is 0 Å². The highest BCUT2D eigenvalue weighted by Gasteiger charge is 2.50. The molecule has 1 aliphatic carbocycles. The summed E-state index contributed by atoms with van der Waals surface area (Å²) >= 11 is -2.74. The summed E-state index contributed by atoms with van der Waals surface area (Å²) in [5, 5.41) is 0. The summed E-state index contributed by atoms with van der Waals surface area (Å²) in [5.74, 6) is -5.49. The minimum Gasteiger partial charge on any atom is -0.294 e. The predicted molar refractivity (Wildman–Crippen MR) is 51.7 cm³/mol. The third-order valence-corrected chi connectivity index (χ3v) is 3.03. The minimum atomic E-state index is -3.51. The normalized spacial score (nSPS) is 23.5. The molecule has 2 rings (SSSR count). The van der Waals surface area contributed by atoms with Gasteiger partial charge in [0.1, 0.15) is 17.7 Å². The molecule has 0 radical (unpaired) electrons. The highest BCUT2D eigenvalue weighted by molar-refractivity contribution is 7.77. The van der Waals surface area contributed by atoms with Gasteiger partial charge in [0.25, 0.3) is 5.92 Å². The summed E-state index contributed by atoms with van der Waals surface area (Å²) in [5.41, 5.74) is -1.05. The van der Waals surface area contributed by atoms with E-state index < -0.39 is 52.4 Å². The van der Waals surface area contributed by atoms with Crippen LogP contribution >= 0.6 is 0 Å². The molecule has 2 atom stereocenters. The lowest BCUT2D eigenvalue weighted by molar-refractivity contribution is -0.0197. The second-order valence-electron chi connectivity index (χ2n) is 3.66. The quantitative estimate of drug-likeness (QED) is 0.636. The van der Waals surface area contributed by atoms with Gasteiger partial charge >= 0.3 is 0 Å². The molecule has 1 unspecified atom stereocenters. The van der Waals surface area contributed by atoms with Crippen LogP contribution in [0.1, 0.15) is 17.2 Å². The highest BCUT2D eigenvalue weighted by Crippen LogP contribution is 2.45. The Morgan fingerprint density at radius 2 is 1.94 bits per heavy atom. The number of benzene rings is 1. The summed E-state index contributed by atoms with van der Waals surface area (Å²) in [6, 6.07) is -0.536. The van der Waals surface area contributed by atoms with E-state index in [1.165, 1.54) is 0 Å². The van der Waals surface area contributed by atoms with Crippen LogP contribution in [0.5, 0.6) is 0 Å². The van der Waals surface area contributed by atoms with Crippen molar-refractivity contribution in [1.82, 2.24) is 4.72 Å². The zero-order valence-electron chi connectivity index (χ0n) is 8.21. The molecule has 0 fully saturated rings. The second-order valence-corrected chi connectivity index (χ2v) is 4.39. The van der Waals surface area contributed by atoms with Crippen molar-refractivity contribution in [1.29, 1.82) is 0 Å². The van der Waals surface area contributed by atoms with Gasteiger partial charge in [-0.2, -0.15) is 0 Å². The van der Waals surface area contributed by atoms with Crippen LogP contribution in [0.3, 0.4) is 0 Å². The van der Waals surface area contributed by atoms with Gasteiger partial charge in [-0.15, -0.1) is 0 Å². The molecule has 0 aliphatic heterocycles. The van der Waals surface area contributed by atoms with Gasteiger partial charge in [-0.25, -0.2) is 26.5 Å². The molecular formula is C9H7F4NO2S. The second kappa shape index (κ2) is 4.04. The van der Waals surface area contributed by atoms with Crippen molar-refractivity contribution in [3.8, 4) is 0 Å².